The number of carbonyl (C=O) groups is 1. The predicted octanol–water partition coefficient (Wildman–Crippen LogP) is 4.34. The summed E-state index contributed by atoms with van der Waals surface area (Å²) < 4.78 is 50.5. The van der Waals surface area contributed by atoms with Gasteiger partial charge in [0, 0.05) is 17.3 Å². The van der Waals surface area contributed by atoms with Crippen LogP contribution >= 0.6 is 0 Å². The highest BCUT2D eigenvalue weighted by Crippen LogP contribution is 2.37. The second-order valence-electron chi connectivity index (χ2n) is 8.85. The fraction of sp³-hybridized carbons (Fsp3) is 0.185. The van der Waals surface area contributed by atoms with Gasteiger partial charge >= 0.3 is 0 Å². The average molecular weight is 534 g/mol. The Morgan fingerprint density at radius 3 is 2.53 bits per heavy atom. The third-order valence-corrected chi connectivity index (χ3v) is 7.95. The molecule has 1 aromatic heterocycles. The molecule has 0 spiro atoms. The van der Waals surface area contributed by atoms with Gasteiger partial charge in [-0.2, -0.15) is 0 Å². The monoisotopic (exact) mass is 533 g/mol. The number of nitrogens with one attached hydrogen (secondary N) is 1. The molecule has 0 radical (unpaired) electrons. The Labute approximate surface area is 218 Å². The maximum Gasteiger partial charge on any atom is 0.277 e. The first kappa shape index (κ1) is 23.9. The van der Waals surface area contributed by atoms with E-state index in [0.29, 0.717) is 53.2 Å². The zero-order valence-electron chi connectivity index (χ0n) is 20.3. The molecule has 1 amide bonds. The van der Waals surface area contributed by atoms with Gasteiger partial charge in [-0.15, -0.1) is 0 Å². The van der Waals surface area contributed by atoms with Crippen molar-refractivity contribution in [3.63, 3.8) is 0 Å². The Morgan fingerprint density at radius 2 is 1.71 bits per heavy atom. The number of nitrogens with zero attached hydrogens (tertiary/aromatic N) is 2. The van der Waals surface area contributed by atoms with Gasteiger partial charge in [0.15, 0.2) is 23.0 Å². The molecule has 3 heterocycles. The van der Waals surface area contributed by atoms with Crippen LogP contribution < -0.4 is 23.8 Å². The van der Waals surface area contributed by atoms with Crippen molar-refractivity contribution < 1.29 is 31.9 Å². The van der Waals surface area contributed by atoms with Crippen LogP contribution in [0.15, 0.2) is 82.2 Å². The van der Waals surface area contributed by atoms with E-state index in [1.807, 2.05) is 6.92 Å². The van der Waals surface area contributed by atoms with Gasteiger partial charge < -0.3 is 24.1 Å². The fourth-order valence-electron chi connectivity index (χ4n) is 4.32. The highest BCUT2D eigenvalue weighted by molar-refractivity contribution is 7.92. The van der Waals surface area contributed by atoms with Crippen LogP contribution in [-0.4, -0.2) is 45.3 Å². The maximum atomic E-state index is 13.4. The minimum absolute atomic E-state index is 0.0745. The molecular weight excluding hydrogens is 510 g/mol. The standard InChI is InChI=1S/C27H23N3O7S/c1-17-16-30(22-4-2-3-5-23(22)36-17)38(32,33)20-9-7-19(8-10-20)28-27(31)21-15-25(37-29-21)18-6-11-24-26(14-18)35-13-12-34-24/h2-11,14-15,17H,12-13,16H2,1H3,(H,28,31)/t17-/m1/s1. The summed E-state index contributed by atoms with van der Waals surface area (Å²) in [5, 5.41) is 6.59. The summed E-state index contributed by atoms with van der Waals surface area (Å²) in [6, 6.07) is 19.9. The molecule has 0 aliphatic carbocycles. The molecule has 0 bridgehead atoms. The number of hydrogen-bond acceptors (Lipinski definition) is 8. The first-order valence-corrected chi connectivity index (χ1v) is 13.4. The Morgan fingerprint density at radius 1 is 0.947 bits per heavy atom. The summed E-state index contributed by atoms with van der Waals surface area (Å²) >= 11 is 0. The number of ether oxygens (including phenoxy) is 3. The van der Waals surface area contributed by atoms with Gasteiger partial charge in [0.1, 0.15) is 25.1 Å². The summed E-state index contributed by atoms with van der Waals surface area (Å²) in [5.74, 6) is 1.66. The summed E-state index contributed by atoms with van der Waals surface area (Å²) in [6.45, 7) is 2.96. The highest BCUT2D eigenvalue weighted by atomic mass is 32.2. The van der Waals surface area contributed by atoms with Crippen LogP contribution in [0.1, 0.15) is 17.4 Å². The third-order valence-electron chi connectivity index (χ3n) is 6.15. The van der Waals surface area contributed by atoms with Crippen molar-refractivity contribution in [2.75, 3.05) is 29.4 Å². The minimum Gasteiger partial charge on any atom is -0.487 e. The predicted molar refractivity (Wildman–Crippen MR) is 138 cm³/mol. The lowest BCUT2D eigenvalue weighted by molar-refractivity contribution is 0.101. The van der Waals surface area contributed by atoms with Gasteiger partial charge in [0.2, 0.25) is 0 Å². The number of carbonyl (C=O) groups excluding carboxylic acids is 1. The van der Waals surface area contributed by atoms with Crippen molar-refractivity contribution in [3.05, 3.63) is 78.5 Å². The van der Waals surface area contributed by atoms with E-state index in [4.69, 9.17) is 18.7 Å². The SMILES string of the molecule is C[C@@H]1CN(S(=O)(=O)c2ccc(NC(=O)c3cc(-c4ccc5c(c4)OCCO5)on3)cc2)c2ccccc2O1. The lowest BCUT2D eigenvalue weighted by Crippen LogP contribution is -2.42. The van der Waals surface area contributed by atoms with Crippen molar-refractivity contribution >= 4 is 27.3 Å². The van der Waals surface area contributed by atoms with Gasteiger partial charge in [-0.3, -0.25) is 9.10 Å². The van der Waals surface area contributed by atoms with Gasteiger partial charge in [0.05, 0.1) is 17.1 Å². The number of para-hydroxylation sites is 2. The lowest BCUT2D eigenvalue weighted by Gasteiger charge is -2.34. The van der Waals surface area contributed by atoms with Crippen molar-refractivity contribution in [1.82, 2.24) is 5.16 Å². The van der Waals surface area contributed by atoms with Gasteiger partial charge in [0.25, 0.3) is 15.9 Å². The summed E-state index contributed by atoms with van der Waals surface area (Å²) in [4.78, 5) is 12.9. The molecule has 2 aliphatic heterocycles. The molecule has 2 aliphatic rings. The van der Waals surface area contributed by atoms with E-state index in [1.54, 1.807) is 42.5 Å². The second kappa shape index (κ2) is 9.42. The van der Waals surface area contributed by atoms with E-state index in [9.17, 15) is 13.2 Å². The zero-order valence-corrected chi connectivity index (χ0v) is 21.1. The summed E-state index contributed by atoms with van der Waals surface area (Å²) in [5.41, 5.74) is 1.66. The quantitative estimate of drug-likeness (QED) is 0.402. The van der Waals surface area contributed by atoms with E-state index < -0.39 is 15.9 Å². The number of rotatable bonds is 5. The Kier molecular flexibility index (Phi) is 5.91. The van der Waals surface area contributed by atoms with Crippen LogP contribution in [0.2, 0.25) is 0 Å². The lowest BCUT2D eigenvalue weighted by atomic mass is 10.1. The molecule has 1 N–H and O–H groups in total. The maximum absolute atomic E-state index is 13.4. The molecule has 10 nitrogen and oxygen atoms in total. The normalized spacial score (nSPS) is 16.3. The molecule has 0 unspecified atom stereocenters. The van der Waals surface area contributed by atoms with Crippen molar-refractivity contribution in [2.24, 2.45) is 0 Å². The molecular formula is C27H23N3O7S. The van der Waals surface area contributed by atoms with E-state index in [-0.39, 0.29) is 23.2 Å². The Balaban J connectivity index is 1.17. The van der Waals surface area contributed by atoms with Crippen molar-refractivity contribution in [2.45, 2.75) is 17.9 Å². The van der Waals surface area contributed by atoms with E-state index in [1.165, 1.54) is 34.6 Å². The van der Waals surface area contributed by atoms with Gasteiger partial charge in [-0.05, 0) is 61.5 Å². The second-order valence-corrected chi connectivity index (χ2v) is 10.7. The molecule has 3 aromatic carbocycles. The molecule has 0 saturated carbocycles. The van der Waals surface area contributed by atoms with E-state index in [2.05, 4.69) is 10.5 Å². The van der Waals surface area contributed by atoms with Crippen LogP contribution in [0.3, 0.4) is 0 Å². The number of benzene rings is 3. The Hall–Kier alpha value is -4.51. The van der Waals surface area contributed by atoms with E-state index in [0.717, 1.165) is 0 Å². The molecule has 0 saturated heterocycles. The molecule has 1 atom stereocenters. The number of fused-ring (bicyclic) bond motifs is 2. The average Bonchev–Trinajstić information content (AvgIpc) is 3.43. The molecule has 194 valence electrons. The number of sulfonamides is 1. The molecule has 6 rings (SSSR count). The van der Waals surface area contributed by atoms with Crippen molar-refractivity contribution in [1.29, 1.82) is 0 Å². The summed E-state index contributed by atoms with van der Waals surface area (Å²) in [6.07, 6.45) is -0.298. The van der Waals surface area contributed by atoms with Gasteiger partial charge in [-0.25, -0.2) is 8.42 Å². The molecule has 0 fully saturated rings. The van der Waals surface area contributed by atoms with Crippen LogP contribution in [0.4, 0.5) is 11.4 Å². The number of amides is 1. The van der Waals surface area contributed by atoms with Gasteiger partial charge in [-0.1, -0.05) is 17.3 Å². The number of aromatic nitrogens is 1. The third kappa shape index (κ3) is 4.41. The molecule has 4 aromatic rings. The van der Waals surface area contributed by atoms with E-state index >= 15 is 0 Å². The fourth-order valence-corrected chi connectivity index (χ4v) is 5.87. The van der Waals surface area contributed by atoms with Crippen LogP contribution in [-0.2, 0) is 10.0 Å². The smallest absolute Gasteiger partial charge is 0.277 e. The number of anilines is 2. The topological polar surface area (TPSA) is 120 Å². The molecule has 38 heavy (non-hydrogen) atoms. The van der Waals surface area contributed by atoms with Crippen LogP contribution in [0.25, 0.3) is 11.3 Å². The minimum atomic E-state index is -3.85. The summed E-state index contributed by atoms with van der Waals surface area (Å²) in [7, 11) is -3.85. The van der Waals surface area contributed by atoms with Crippen molar-refractivity contribution in [3.8, 4) is 28.6 Å². The first-order valence-electron chi connectivity index (χ1n) is 11.9. The molecule has 11 heteroatoms. The van der Waals surface area contributed by atoms with Crippen LogP contribution in [0, 0.1) is 0 Å². The highest BCUT2D eigenvalue weighted by Gasteiger charge is 2.32. The largest absolute Gasteiger partial charge is 0.487 e. The number of hydrogen-bond donors (Lipinski definition) is 1. The zero-order chi connectivity index (χ0) is 26.3. The first-order chi connectivity index (χ1) is 18.4. The Bertz CT molecular complexity index is 1620. The van der Waals surface area contributed by atoms with Crippen LogP contribution in [0.5, 0.6) is 17.2 Å².